The molecule has 4 rings (SSSR count). The van der Waals surface area contributed by atoms with Gasteiger partial charge in [0, 0.05) is 44.4 Å². The number of likely N-dealkylation sites (N-methyl/N-ethyl adjacent to an activating group) is 1. The molecule has 0 saturated carbocycles. The highest BCUT2D eigenvalue weighted by molar-refractivity contribution is 7.15. The van der Waals surface area contributed by atoms with E-state index in [0.717, 1.165) is 49.8 Å². The molecule has 2 aromatic heterocycles. The van der Waals surface area contributed by atoms with Gasteiger partial charge in [-0.3, -0.25) is 10.1 Å². The van der Waals surface area contributed by atoms with E-state index in [2.05, 4.69) is 49.5 Å². The van der Waals surface area contributed by atoms with Gasteiger partial charge >= 0.3 is 0 Å². The predicted molar refractivity (Wildman–Crippen MR) is 116 cm³/mol. The minimum atomic E-state index is -0.187. The molecule has 8 heteroatoms. The quantitative estimate of drug-likeness (QED) is 0.676. The Bertz CT molecular complexity index is 953. The minimum Gasteiger partial charge on any atom is -0.354 e. The van der Waals surface area contributed by atoms with Crippen LogP contribution in [0.5, 0.6) is 0 Å². The van der Waals surface area contributed by atoms with E-state index in [1.54, 1.807) is 12.3 Å². The molecule has 1 N–H and O–H groups in total. The molecule has 1 aliphatic rings. The zero-order valence-electron chi connectivity index (χ0n) is 16.4. The number of aryl methyl sites for hydroxylation is 2. The molecular formula is C21H24N6OS. The Morgan fingerprint density at radius 3 is 2.66 bits per heavy atom. The Hall–Kier alpha value is -2.84. The van der Waals surface area contributed by atoms with Crippen LogP contribution in [0.4, 0.5) is 10.9 Å². The van der Waals surface area contributed by atoms with Crippen LogP contribution in [0.3, 0.4) is 0 Å². The lowest BCUT2D eigenvalue weighted by Crippen LogP contribution is -2.44. The van der Waals surface area contributed by atoms with Crippen molar-refractivity contribution in [3.05, 3.63) is 64.8 Å². The van der Waals surface area contributed by atoms with Crippen molar-refractivity contribution in [2.75, 3.05) is 43.4 Å². The molecule has 0 spiro atoms. The van der Waals surface area contributed by atoms with Crippen molar-refractivity contribution in [3.8, 4) is 0 Å². The molecule has 0 radical (unpaired) electrons. The number of anilines is 2. The SMILES string of the molecule is CN1CCN(c2cc(C(=O)Nc3nnc(CCc4ccccc4)s3)ccn2)CC1. The summed E-state index contributed by atoms with van der Waals surface area (Å²) in [4.78, 5) is 21.6. The average Bonchev–Trinajstić information content (AvgIpc) is 3.21. The van der Waals surface area contributed by atoms with E-state index >= 15 is 0 Å². The summed E-state index contributed by atoms with van der Waals surface area (Å²) in [5.41, 5.74) is 1.84. The van der Waals surface area contributed by atoms with Gasteiger partial charge in [0.05, 0.1) is 0 Å². The molecule has 0 unspecified atom stereocenters. The third-order valence-electron chi connectivity index (χ3n) is 4.99. The Morgan fingerprint density at radius 1 is 1.07 bits per heavy atom. The standard InChI is InChI=1S/C21H24N6OS/c1-26-11-13-27(14-12-26)18-15-17(9-10-22-18)20(28)23-21-25-24-19(29-21)8-7-16-5-3-2-4-6-16/h2-6,9-10,15H,7-8,11-14H2,1H3,(H,23,25,28). The fourth-order valence-corrected chi connectivity index (χ4v) is 3.97. The molecule has 29 heavy (non-hydrogen) atoms. The summed E-state index contributed by atoms with van der Waals surface area (Å²) in [7, 11) is 2.12. The summed E-state index contributed by atoms with van der Waals surface area (Å²) in [5.74, 6) is 0.653. The summed E-state index contributed by atoms with van der Waals surface area (Å²) >= 11 is 1.42. The van der Waals surface area contributed by atoms with E-state index in [4.69, 9.17) is 0 Å². The van der Waals surface area contributed by atoms with Crippen molar-refractivity contribution >= 4 is 28.2 Å². The van der Waals surface area contributed by atoms with Crippen LogP contribution in [0.15, 0.2) is 48.7 Å². The van der Waals surface area contributed by atoms with Gasteiger partial charge in [-0.2, -0.15) is 0 Å². The molecule has 1 fully saturated rings. The number of nitrogens with one attached hydrogen (secondary N) is 1. The lowest BCUT2D eigenvalue weighted by molar-refractivity contribution is 0.102. The highest BCUT2D eigenvalue weighted by Gasteiger charge is 2.17. The first kappa shape index (κ1) is 19.5. The number of pyridine rings is 1. The first-order chi connectivity index (χ1) is 14.2. The van der Waals surface area contributed by atoms with Crippen LogP contribution in [0, 0.1) is 0 Å². The molecule has 1 saturated heterocycles. The van der Waals surface area contributed by atoms with Crippen molar-refractivity contribution in [1.29, 1.82) is 0 Å². The molecule has 1 amide bonds. The molecule has 0 atom stereocenters. The van der Waals surface area contributed by atoms with Crippen molar-refractivity contribution in [2.45, 2.75) is 12.8 Å². The molecule has 1 aliphatic heterocycles. The fourth-order valence-electron chi connectivity index (χ4n) is 3.24. The lowest BCUT2D eigenvalue weighted by Gasteiger charge is -2.33. The van der Waals surface area contributed by atoms with Crippen LogP contribution in [0.1, 0.15) is 20.9 Å². The molecule has 7 nitrogen and oxygen atoms in total. The summed E-state index contributed by atoms with van der Waals surface area (Å²) < 4.78 is 0. The fraction of sp³-hybridized carbons (Fsp3) is 0.333. The molecular weight excluding hydrogens is 384 g/mol. The van der Waals surface area contributed by atoms with Gasteiger partial charge in [-0.1, -0.05) is 41.7 Å². The normalized spacial score (nSPS) is 14.7. The topological polar surface area (TPSA) is 74.2 Å². The van der Waals surface area contributed by atoms with Crippen LogP contribution in [0.2, 0.25) is 0 Å². The Labute approximate surface area is 174 Å². The van der Waals surface area contributed by atoms with Crippen LogP contribution in [-0.2, 0) is 12.8 Å². The average molecular weight is 409 g/mol. The van der Waals surface area contributed by atoms with Crippen molar-refractivity contribution in [1.82, 2.24) is 20.1 Å². The zero-order chi connectivity index (χ0) is 20.1. The molecule has 0 bridgehead atoms. The number of piperazine rings is 1. The van der Waals surface area contributed by atoms with E-state index in [1.165, 1.54) is 16.9 Å². The maximum Gasteiger partial charge on any atom is 0.257 e. The predicted octanol–water partition coefficient (Wildman–Crippen LogP) is 2.72. The number of rotatable bonds is 6. The highest BCUT2D eigenvalue weighted by Crippen LogP contribution is 2.20. The van der Waals surface area contributed by atoms with Gasteiger partial charge in [-0.05, 0) is 31.2 Å². The lowest BCUT2D eigenvalue weighted by atomic mass is 10.1. The molecule has 1 aromatic carbocycles. The van der Waals surface area contributed by atoms with Crippen LogP contribution >= 0.6 is 11.3 Å². The largest absolute Gasteiger partial charge is 0.354 e. The summed E-state index contributed by atoms with van der Waals surface area (Å²) in [6.45, 7) is 3.81. The summed E-state index contributed by atoms with van der Waals surface area (Å²) in [5, 5.41) is 12.6. The van der Waals surface area contributed by atoms with Crippen LogP contribution in [-0.4, -0.2) is 59.2 Å². The van der Waals surface area contributed by atoms with Crippen molar-refractivity contribution in [2.24, 2.45) is 0 Å². The monoisotopic (exact) mass is 408 g/mol. The van der Waals surface area contributed by atoms with Gasteiger partial charge in [0.2, 0.25) is 5.13 Å². The zero-order valence-corrected chi connectivity index (χ0v) is 17.2. The number of nitrogens with zero attached hydrogens (tertiary/aromatic N) is 5. The second-order valence-electron chi connectivity index (χ2n) is 7.13. The van der Waals surface area contributed by atoms with Gasteiger partial charge in [0.25, 0.3) is 5.91 Å². The third-order valence-corrected chi connectivity index (χ3v) is 5.89. The third kappa shape index (κ3) is 5.16. The maximum absolute atomic E-state index is 12.7. The van der Waals surface area contributed by atoms with Gasteiger partial charge in [0.15, 0.2) is 0 Å². The van der Waals surface area contributed by atoms with Gasteiger partial charge in [-0.25, -0.2) is 4.98 Å². The molecule has 3 heterocycles. The van der Waals surface area contributed by atoms with Crippen LogP contribution < -0.4 is 10.2 Å². The molecule has 0 aliphatic carbocycles. The molecule has 150 valence electrons. The number of aromatic nitrogens is 3. The number of hydrogen-bond acceptors (Lipinski definition) is 7. The van der Waals surface area contributed by atoms with E-state index in [1.807, 2.05) is 24.3 Å². The number of hydrogen-bond donors (Lipinski definition) is 1. The number of benzene rings is 1. The Balaban J connectivity index is 1.36. The first-order valence-corrected chi connectivity index (χ1v) is 10.6. The second-order valence-corrected chi connectivity index (χ2v) is 8.20. The van der Waals surface area contributed by atoms with E-state index in [-0.39, 0.29) is 5.91 Å². The van der Waals surface area contributed by atoms with Crippen molar-refractivity contribution < 1.29 is 4.79 Å². The van der Waals surface area contributed by atoms with Crippen LogP contribution in [0.25, 0.3) is 0 Å². The highest BCUT2D eigenvalue weighted by atomic mass is 32.1. The summed E-state index contributed by atoms with van der Waals surface area (Å²) in [6, 6.07) is 13.9. The number of carbonyl (C=O) groups excluding carboxylic acids is 1. The Morgan fingerprint density at radius 2 is 1.86 bits per heavy atom. The minimum absolute atomic E-state index is 0.187. The van der Waals surface area contributed by atoms with E-state index in [0.29, 0.717) is 10.7 Å². The van der Waals surface area contributed by atoms with Gasteiger partial charge in [0.1, 0.15) is 10.8 Å². The van der Waals surface area contributed by atoms with E-state index in [9.17, 15) is 4.79 Å². The number of carbonyl (C=O) groups is 1. The van der Waals surface area contributed by atoms with Crippen molar-refractivity contribution in [3.63, 3.8) is 0 Å². The number of amides is 1. The first-order valence-electron chi connectivity index (χ1n) is 9.74. The maximum atomic E-state index is 12.7. The second kappa shape index (κ2) is 9.11. The van der Waals surface area contributed by atoms with Gasteiger partial charge in [-0.15, -0.1) is 10.2 Å². The van der Waals surface area contributed by atoms with Gasteiger partial charge < -0.3 is 9.80 Å². The Kier molecular flexibility index (Phi) is 6.12. The smallest absolute Gasteiger partial charge is 0.257 e. The summed E-state index contributed by atoms with van der Waals surface area (Å²) in [6.07, 6.45) is 3.40. The van der Waals surface area contributed by atoms with E-state index < -0.39 is 0 Å². The molecule has 3 aromatic rings.